The number of sulfonamides is 1. The fourth-order valence-electron chi connectivity index (χ4n) is 0.876. The maximum Gasteiger partial charge on any atom is 0.238 e. The number of nitrogens with two attached hydrogens (primary N) is 1. The fraction of sp³-hybridized carbons (Fsp3) is 0.143. The number of halogens is 1. The second-order valence-corrected chi connectivity index (χ2v) is 3.84. The summed E-state index contributed by atoms with van der Waals surface area (Å²) in [6.45, 7) is 1.71. The molecule has 68 valence electrons. The number of primary sulfonamides is 1. The molecule has 0 spiro atoms. The Morgan fingerprint density at radius 3 is 2.08 bits per heavy atom. The third-order valence-corrected chi connectivity index (χ3v) is 2.47. The van der Waals surface area contributed by atoms with Gasteiger partial charge in [-0.1, -0.05) is 18.2 Å². The first-order valence-corrected chi connectivity index (χ1v) is 4.65. The lowest BCUT2D eigenvalue weighted by molar-refractivity contribution is 0.597. The van der Waals surface area contributed by atoms with Crippen molar-refractivity contribution < 1.29 is 8.42 Å². The van der Waals surface area contributed by atoms with E-state index in [1.807, 2.05) is 0 Å². The van der Waals surface area contributed by atoms with Crippen molar-refractivity contribution in [2.45, 2.75) is 11.8 Å². The van der Waals surface area contributed by atoms with E-state index in [2.05, 4.69) is 0 Å². The van der Waals surface area contributed by atoms with Gasteiger partial charge in [0.25, 0.3) is 0 Å². The predicted molar refractivity (Wildman–Crippen MR) is 58.0 cm³/mol. The van der Waals surface area contributed by atoms with Crippen LogP contribution in [0.25, 0.3) is 0 Å². The molecule has 1 aromatic rings. The van der Waals surface area contributed by atoms with Gasteiger partial charge in [0.05, 0.1) is 4.90 Å². The van der Waals surface area contributed by atoms with Crippen molar-refractivity contribution >= 4 is 34.0 Å². The molecule has 0 aliphatic carbocycles. The molecule has 0 amide bonds. The van der Waals surface area contributed by atoms with Crippen LogP contribution in [0.4, 0.5) is 0 Å². The summed E-state index contributed by atoms with van der Waals surface area (Å²) in [6.07, 6.45) is 0. The van der Waals surface area contributed by atoms with Crippen LogP contribution >= 0.6 is 24.0 Å². The summed E-state index contributed by atoms with van der Waals surface area (Å²) >= 11 is 0. The maximum absolute atomic E-state index is 10.8. The van der Waals surface area contributed by atoms with Crippen molar-refractivity contribution in [3.8, 4) is 0 Å². The minimum Gasteiger partial charge on any atom is -0.225 e. The van der Waals surface area contributed by atoms with E-state index in [-0.39, 0.29) is 28.9 Å². The second-order valence-electron chi connectivity index (χ2n) is 2.31. The first kappa shape index (κ1) is 11.9. The molecule has 1 aromatic carbocycles. The monoisotopic (exact) mass is 299 g/mol. The molecule has 3 nitrogen and oxygen atoms in total. The molecule has 1 rings (SSSR count). The molecule has 5 heteroatoms. The molecule has 0 saturated heterocycles. The molecular formula is C7H10INO2S. The Morgan fingerprint density at radius 2 is 1.75 bits per heavy atom. The molecular weight excluding hydrogens is 289 g/mol. The van der Waals surface area contributed by atoms with Gasteiger partial charge in [0, 0.05) is 0 Å². The molecule has 0 aromatic heterocycles. The molecule has 0 radical (unpaired) electrons. The molecule has 0 saturated carbocycles. The van der Waals surface area contributed by atoms with Gasteiger partial charge in [-0.2, -0.15) is 0 Å². The van der Waals surface area contributed by atoms with E-state index >= 15 is 0 Å². The van der Waals surface area contributed by atoms with E-state index < -0.39 is 10.0 Å². The highest BCUT2D eigenvalue weighted by molar-refractivity contribution is 14.0. The van der Waals surface area contributed by atoms with Gasteiger partial charge in [-0.3, -0.25) is 0 Å². The lowest BCUT2D eigenvalue weighted by atomic mass is 10.2. The zero-order valence-corrected chi connectivity index (χ0v) is 9.67. The minimum absolute atomic E-state index is 0. The molecule has 0 heterocycles. The van der Waals surface area contributed by atoms with E-state index in [0.717, 1.165) is 0 Å². The Labute approximate surface area is 89.0 Å². The van der Waals surface area contributed by atoms with Gasteiger partial charge in [0.1, 0.15) is 0 Å². The minimum atomic E-state index is -3.53. The molecule has 2 N–H and O–H groups in total. The van der Waals surface area contributed by atoms with Crippen LogP contribution in [0.15, 0.2) is 29.2 Å². The number of benzene rings is 1. The Bertz CT molecular complexity index is 361. The van der Waals surface area contributed by atoms with Crippen LogP contribution in [0, 0.1) is 6.92 Å². The van der Waals surface area contributed by atoms with Crippen LogP contribution in [0.3, 0.4) is 0 Å². The van der Waals surface area contributed by atoms with Crippen molar-refractivity contribution in [1.82, 2.24) is 0 Å². The number of hydrogen-bond donors (Lipinski definition) is 1. The van der Waals surface area contributed by atoms with Crippen molar-refractivity contribution in [2.24, 2.45) is 5.14 Å². The van der Waals surface area contributed by atoms with Gasteiger partial charge >= 0.3 is 0 Å². The van der Waals surface area contributed by atoms with Gasteiger partial charge in [-0.25, -0.2) is 13.6 Å². The lowest BCUT2D eigenvalue weighted by Gasteiger charge is -2.00. The highest BCUT2D eigenvalue weighted by Crippen LogP contribution is 2.10. The van der Waals surface area contributed by atoms with E-state index in [4.69, 9.17) is 5.14 Å². The second kappa shape index (κ2) is 4.20. The Morgan fingerprint density at radius 1 is 1.25 bits per heavy atom. The number of rotatable bonds is 1. The molecule has 0 aliphatic heterocycles. The quantitative estimate of drug-likeness (QED) is 0.794. The SMILES string of the molecule is Cc1ccccc1S(N)(=O)=O.I. The van der Waals surface area contributed by atoms with Crippen LogP contribution in [-0.4, -0.2) is 8.42 Å². The van der Waals surface area contributed by atoms with Gasteiger partial charge in [0.15, 0.2) is 0 Å². The average Bonchev–Trinajstić information content (AvgIpc) is 1.86. The maximum atomic E-state index is 10.8. The van der Waals surface area contributed by atoms with Crippen molar-refractivity contribution in [1.29, 1.82) is 0 Å². The molecule has 0 aliphatic rings. The summed E-state index contributed by atoms with van der Waals surface area (Å²) in [6, 6.07) is 6.61. The van der Waals surface area contributed by atoms with E-state index in [9.17, 15) is 8.42 Å². The first-order valence-electron chi connectivity index (χ1n) is 3.10. The van der Waals surface area contributed by atoms with Gasteiger partial charge in [0.2, 0.25) is 10.0 Å². The van der Waals surface area contributed by atoms with Crippen LogP contribution in [0.1, 0.15) is 5.56 Å². The molecule has 12 heavy (non-hydrogen) atoms. The van der Waals surface area contributed by atoms with Gasteiger partial charge < -0.3 is 0 Å². The largest absolute Gasteiger partial charge is 0.238 e. The summed E-state index contributed by atoms with van der Waals surface area (Å²) in [5.41, 5.74) is 0.676. The zero-order valence-electron chi connectivity index (χ0n) is 6.52. The Kier molecular flexibility index (Phi) is 4.15. The van der Waals surface area contributed by atoms with Gasteiger partial charge in [-0.05, 0) is 18.6 Å². The van der Waals surface area contributed by atoms with Crippen molar-refractivity contribution in [3.05, 3.63) is 29.8 Å². The summed E-state index contributed by atoms with van der Waals surface area (Å²) in [7, 11) is -3.53. The fourth-order valence-corrected chi connectivity index (χ4v) is 1.66. The third-order valence-electron chi connectivity index (χ3n) is 1.40. The van der Waals surface area contributed by atoms with E-state index in [0.29, 0.717) is 5.56 Å². The lowest BCUT2D eigenvalue weighted by Crippen LogP contribution is -2.13. The Hall–Kier alpha value is -0.140. The summed E-state index contributed by atoms with van der Waals surface area (Å²) < 4.78 is 21.7. The zero-order chi connectivity index (χ0) is 8.48. The van der Waals surface area contributed by atoms with Crippen LogP contribution in [0.2, 0.25) is 0 Å². The van der Waals surface area contributed by atoms with Crippen LogP contribution < -0.4 is 5.14 Å². The highest BCUT2D eigenvalue weighted by Gasteiger charge is 2.08. The van der Waals surface area contributed by atoms with E-state index in [1.165, 1.54) is 6.07 Å². The normalized spacial score (nSPS) is 10.5. The topological polar surface area (TPSA) is 60.2 Å². The molecule has 0 bridgehead atoms. The summed E-state index contributed by atoms with van der Waals surface area (Å²) in [5.74, 6) is 0. The van der Waals surface area contributed by atoms with Crippen molar-refractivity contribution in [3.63, 3.8) is 0 Å². The Balaban J connectivity index is 0.00000121. The van der Waals surface area contributed by atoms with Gasteiger partial charge in [-0.15, -0.1) is 24.0 Å². The molecule has 0 unspecified atom stereocenters. The third kappa shape index (κ3) is 2.72. The number of hydrogen-bond acceptors (Lipinski definition) is 2. The van der Waals surface area contributed by atoms with Crippen LogP contribution in [0.5, 0.6) is 0 Å². The average molecular weight is 299 g/mol. The summed E-state index contributed by atoms with van der Waals surface area (Å²) in [4.78, 5) is 0.194. The van der Waals surface area contributed by atoms with E-state index in [1.54, 1.807) is 25.1 Å². The van der Waals surface area contributed by atoms with Crippen molar-refractivity contribution in [2.75, 3.05) is 0 Å². The highest BCUT2D eigenvalue weighted by atomic mass is 127. The molecule has 0 atom stereocenters. The number of aryl methyl sites for hydroxylation is 1. The first-order chi connectivity index (χ1) is 5.02. The van der Waals surface area contributed by atoms with Crippen LogP contribution in [-0.2, 0) is 10.0 Å². The smallest absolute Gasteiger partial charge is 0.225 e. The molecule has 0 fully saturated rings. The summed E-state index contributed by atoms with van der Waals surface area (Å²) in [5, 5.41) is 4.93. The standard InChI is InChI=1S/C7H9NO2S.HI/c1-6-4-2-3-5-7(6)11(8,9)10;/h2-5H,1H3,(H2,8,9,10);1H. The predicted octanol–water partition coefficient (Wildman–Crippen LogP) is 1.26.